The molecular formula is KO2S. The average Bonchev–Trinajstić information content (AvgIpc) is 0.918. The van der Waals surface area contributed by atoms with Gasteiger partial charge < -0.3 is 0 Å². The molecule has 0 aromatic rings. The van der Waals surface area contributed by atoms with Crippen LogP contribution in [0.15, 0.2) is 0 Å². The third-order valence-electron chi connectivity index (χ3n) is 0. The van der Waals surface area contributed by atoms with Crippen molar-refractivity contribution in [2.45, 2.75) is 0 Å². The third-order valence-corrected chi connectivity index (χ3v) is 0. The predicted octanol–water partition coefficient (Wildman–Crippen LogP) is -1.05. The Morgan fingerprint density at radius 2 is 1.25 bits per heavy atom. The number of hydrogen-bond acceptors (Lipinski definition) is 2. The summed E-state index contributed by atoms with van der Waals surface area (Å²) in [6.45, 7) is 0. The summed E-state index contributed by atoms with van der Waals surface area (Å²) in [5, 5.41) is 0. The van der Waals surface area contributed by atoms with Gasteiger partial charge >= 0.3 is 11.6 Å². The first-order chi connectivity index (χ1) is 1.41. The van der Waals surface area contributed by atoms with E-state index >= 15 is 0 Å². The second kappa shape index (κ2) is 8.82. The van der Waals surface area contributed by atoms with E-state index in [9.17, 15) is 0 Å². The summed E-state index contributed by atoms with van der Waals surface area (Å²) in [6, 6.07) is 0. The van der Waals surface area contributed by atoms with Crippen molar-refractivity contribution in [2.24, 2.45) is 0 Å². The normalized spacial score (nSPS) is 3.00. The van der Waals surface area contributed by atoms with E-state index in [0.29, 0.717) is 0 Å². The minimum Gasteiger partial charge on any atom is -0.168 e. The smallest absolute Gasteiger partial charge is 0.168 e. The fraction of sp³-hybridized carbons (Fsp3) is 0. The van der Waals surface area contributed by atoms with Crippen LogP contribution < -0.4 is 0 Å². The molecular weight excluding hydrogens is 103 g/mol. The second-order valence-corrected chi connectivity index (χ2v) is 0.204. The summed E-state index contributed by atoms with van der Waals surface area (Å²) < 4.78 is 16.6. The Morgan fingerprint density at radius 3 is 1.25 bits per heavy atom. The van der Waals surface area contributed by atoms with Crippen molar-refractivity contribution in [2.75, 3.05) is 0 Å². The average molecular weight is 103 g/mol. The van der Waals surface area contributed by atoms with E-state index in [1.165, 1.54) is 0 Å². The molecule has 0 spiro atoms. The number of rotatable bonds is 0. The molecule has 4 heteroatoms. The first-order valence-electron chi connectivity index (χ1n) is 0.333. The van der Waals surface area contributed by atoms with Gasteiger partial charge in [0.15, 0.2) is 0 Å². The van der Waals surface area contributed by atoms with E-state index in [1.807, 2.05) is 0 Å². The van der Waals surface area contributed by atoms with Gasteiger partial charge in [-0.05, 0) is 0 Å². The summed E-state index contributed by atoms with van der Waals surface area (Å²) in [7, 11) is 0. The molecule has 0 rings (SSSR count). The molecule has 0 aliphatic rings. The molecule has 2 nitrogen and oxygen atoms in total. The quantitative estimate of drug-likeness (QED) is 0.367. The van der Waals surface area contributed by atoms with Crippen LogP contribution in [0.4, 0.5) is 0 Å². The fourth-order valence-corrected chi connectivity index (χ4v) is 0. The van der Waals surface area contributed by atoms with Crippen LogP contribution in [-0.2, 0) is 11.6 Å². The first-order valence-corrected chi connectivity index (χ1v) is 1.00. The molecule has 0 saturated heterocycles. The molecule has 4 heavy (non-hydrogen) atoms. The van der Waals surface area contributed by atoms with Gasteiger partial charge in [0.1, 0.15) is 0 Å². The molecule has 0 atom stereocenters. The molecule has 0 aromatic carbocycles. The van der Waals surface area contributed by atoms with E-state index in [1.54, 1.807) is 0 Å². The molecule has 0 aliphatic carbocycles. The zero-order chi connectivity index (χ0) is 2.71. The van der Waals surface area contributed by atoms with Crippen molar-refractivity contribution in [3.05, 3.63) is 0 Å². The zero-order valence-electron chi connectivity index (χ0n) is 2.22. The molecule has 0 bridgehead atoms. The first kappa shape index (κ1) is 9.07. The minimum atomic E-state index is -0.750. The largest absolute Gasteiger partial charge is 0.335 e. The van der Waals surface area contributed by atoms with Gasteiger partial charge in [0, 0.05) is 51.4 Å². The monoisotopic (exact) mass is 103 g/mol. The summed E-state index contributed by atoms with van der Waals surface area (Å²) in [5.41, 5.74) is 0. The maximum absolute atomic E-state index is 8.29. The van der Waals surface area contributed by atoms with Gasteiger partial charge in [-0.15, -0.1) is 0 Å². The van der Waals surface area contributed by atoms with E-state index in [0.717, 1.165) is 0 Å². The molecule has 0 heterocycles. The standard InChI is InChI=1S/K.O2S/c;1-3-2. The topological polar surface area (TPSA) is 34.1 Å². The minimum absolute atomic E-state index is 0. The summed E-state index contributed by atoms with van der Waals surface area (Å²) in [6.07, 6.45) is 0. The van der Waals surface area contributed by atoms with Crippen molar-refractivity contribution >= 4 is 63.0 Å². The Kier molecular flexibility index (Phi) is 20.0. The fourth-order valence-electron chi connectivity index (χ4n) is 0. The van der Waals surface area contributed by atoms with E-state index in [2.05, 4.69) is 0 Å². The second-order valence-electron chi connectivity index (χ2n) is 0.0680. The van der Waals surface area contributed by atoms with Gasteiger partial charge in [0.25, 0.3) is 0 Å². The van der Waals surface area contributed by atoms with Gasteiger partial charge in [-0.25, -0.2) is 0 Å². The molecule has 0 saturated carbocycles. The Bertz CT molecular complexity index is 27.0. The molecule has 19 valence electrons. The van der Waals surface area contributed by atoms with Crippen LogP contribution in [0.25, 0.3) is 0 Å². The maximum atomic E-state index is 8.29. The Balaban J connectivity index is 0. The van der Waals surface area contributed by atoms with Gasteiger partial charge in [-0.3, -0.25) is 0 Å². The molecule has 0 amide bonds. The SMILES string of the molecule is O=S=O.[K]. The van der Waals surface area contributed by atoms with Crippen LogP contribution in [0.5, 0.6) is 0 Å². The Morgan fingerprint density at radius 1 is 1.25 bits per heavy atom. The Labute approximate surface area is 70.0 Å². The molecule has 1 radical (unpaired) electrons. The van der Waals surface area contributed by atoms with Crippen LogP contribution in [0.3, 0.4) is 0 Å². The van der Waals surface area contributed by atoms with Crippen molar-refractivity contribution < 1.29 is 8.42 Å². The van der Waals surface area contributed by atoms with Crippen molar-refractivity contribution in [3.8, 4) is 0 Å². The van der Waals surface area contributed by atoms with Crippen LogP contribution in [0.1, 0.15) is 0 Å². The van der Waals surface area contributed by atoms with Crippen LogP contribution in [-0.4, -0.2) is 59.8 Å². The Hall–Kier alpha value is 1.46. The van der Waals surface area contributed by atoms with Gasteiger partial charge in [0.05, 0.1) is 0 Å². The van der Waals surface area contributed by atoms with Crippen molar-refractivity contribution in [1.82, 2.24) is 0 Å². The maximum Gasteiger partial charge on any atom is 0.335 e. The molecule has 0 fully saturated rings. The molecule has 0 N–H and O–H groups in total. The predicted molar refractivity (Wildman–Crippen MR) is 14.7 cm³/mol. The van der Waals surface area contributed by atoms with Crippen LogP contribution in [0.2, 0.25) is 0 Å². The molecule has 0 unspecified atom stereocenters. The molecule has 0 aliphatic heterocycles. The number of hydrogen-bond donors (Lipinski definition) is 0. The van der Waals surface area contributed by atoms with E-state index < -0.39 is 11.6 Å². The summed E-state index contributed by atoms with van der Waals surface area (Å²) in [5.74, 6) is 0. The van der Waals surface area contributed by atoms with Gasteiger partial charge in [-0.2, -0.15) is 8.42 Å². The third kappa shape index (κ3) is 9.83. The summed E-state index contributed by atoms with van der Waals surface area (Å²) >= 11 is -0.750. The van der Waals surface area contributed by atoms with Crippen LogP contribution >= 0.6 is 0 Å². The van der Waals surface area contributed by atoms with E-state index in [-0.39, 0.29) is 51.4 Å². The van der Waals surface area contributed by atoms with Crippen LogP contribution in [0, 0.1) is 0 Å². The van der Waals surface area contributed by atoms with E-state index in [4.69, 9.17) is 8.42 Å². The van der Waals surface area contributed by atoms with Gasteiger partial charge in [0.2, 0.25) is 0 Å². The zero-order valence-corrected chi connectivity index (χ0v) is 6.16. The van der Waals surface area contributed by atoms with Crippen molar-refractivity contribution in [1.29, 1.82) is 0 Å². The summed E-state index contributed by atoms with van der Waals surface area (Å²) in [4.78, 5) is 0. The van der Waals surface area contributed by atoms with Gasteiger partial charge in [-0.1, -0.05) is 0 Å². The molecule has 0 aromatic heterocycles. The van der Waals surface area contributed by atoms with Crippen molar-refractivity contribution in [3.63, 3.8) is 0 Å².